The maximum Gasteiger partial charge on any atom is 0.325 e. The zero-order chi connectivity index (χ0) is 21.7. The van der Waals surface area contributed by atoms with Crippen LogP contribution in [0.25, 0.3) is 0 Å². The fourth-order valence-corrected chi connectivity index (χ4v) is 3.39. The van der Waals surface area contributed by atoms with E-state index in [1.165, 1.54) is 0 Å². The summed E-state index contributed by atoms with van der Waals surface area (Å²) >= 11 is 0. The van der Waals surface area contributed by atoms with Crippen molar-refractivity contribution in [3.63, 3.8) is 0 Å². The number of benzene rings is 2. The Morgan fingerprint density at radius 1 is 1.07 bits per heavy atom. The molecule has 1 unspecified atom stereocenters. The Hall–Kier alpha value is -3.55. The highest BCUT2D eigenvalue weighted by atomic mass is 16.5. The van der Waals surface area contributed by atoms with Crippen LogP contribution in [0, 0.1) is 0 Å². The number of hydrogen-bond acceptors (Lipinski definition) is 5. The Labute approximate surface area is 175 Å². The molecule has 1 aliphatic heterocycles. The van der Waals surface area contributed by atoms with Crippen molar-refractivity contribution in [2.75, 3.05) is 27.3 Å². The van der Waals surface area contributed by atoms with E-state index >= 15 is 0 Å². The molecule has 0 saturated carbocycles. The Bertz CT molecular complexity index is 947. The molecular weight excluding hydrogens is 386 g/mol. The third kappa shape index (κ3) is 4.22. The van der Waals surface area contributed by atoms with Crippen LogP contribution in [0.15, 0.2) is 48.5 Å². The minimum atomic E-state index is -1.18. The maximum atomic E-state index is 12.8. The summed E-state index contributed by atoms with van der Waals surface area (Å²) in [5, 5.41) is 5.44. The van der Waals surface area contributed by atoms with Gasteiger partial charge in [-0.3, -0.25) is 14.5 Å². The summed E-state index contributed by atoms with van der Waals surface area (Å²) in [5.41, 5.74) is 0.442. The lowest BCUT2D eigenvalue weighted by Crippen LogP contribution is -2.43. The van der Waals surface area contributed by atoms with Crippen LogP contribution in [-0.4, -0.2) is 50.1 Å². The molecule has 0 aliphatic carbocycles. The lowest BCUT2D eigenvalue weighted by atomic mass is 9.92. The first-order valence-electron chi connectivity index (χ1n) is 9.56. The Kier molecular flexibility index (Phi) is 6.25. The summed E-state index contributed by atoms with van der Waals surface area (Å²) in [5.74, 6) is 0.385. The second-order valence-corrected chi connectivity index (χ2v) is 7.10. The van der Waals surface area contributed by atoms with E-state index < -0.39 is 23.4 Å². The van der Waals surface area contributed by atoms with Gasteiger partial charge in [-0.25, -0.2) is 4.79 Å². The molecule has 4 amide bonds. The van der Waals surface area contributed by atoms with Gasteiger partial charge in [0, 0.05) is 6.54 Å². The van der Waals surface area contributed by atoms with Crippen LogP contribution in [0.4, 0.5) is 4.79 Å². The third-order valence-electron chi connectivity index (χ3n) is 5.11. The van der Waals surface area contributed by atoms with Gasteiger partial charge >= 0.3 is 6.03 Å². The summed E-state index contributed by atoms with van der Waals surface area (Å²) in [6.07, 6.45) is 0.563. The van der Waals surface area contributed by atoms with Crippen LogP contribution in [0.2, 0.25) is 0 Å². The predicted octanol–water partition coefficient (Wildman–Crippen LogP) is 1.83. The number of nitrogens with one attached hydrogen (secondary N) is 2. The minimum Gasteiger partial charge on any atom is -0.493 e. The van der Waals surface area contributed by atoms with Crippen LogP contribution >= 0.6 is 0 Å². The van der Waals surface area contributed by atoms with E-state index in [-0.39, 0.29) is 6.54 Å². The molecule has 2 aromatic rings. The quantitative estimate of drug-likeness (QED) is 0.646. The first kappa shape index (κ1) is 21.2. The molecule has 8 nitrogen and oxygen atoms in total. The number of amides is 4. The number of methoxy groups -OCH3 is 2. The minimum absolute atomic E-state index is 0.334. The molecule has 1 saturated heterocycles. The summed E-state index contributed by atoms with van der Waals surface area (Å²) in [7, 11) is 3.13. The number of ether oxygens (including phenoxy) is 2. The average Bonchev–Trinajstić information content (AvgIpc) is 2.98. The molecule has 1 aliphatic rings. The van der Waals surface area contributed by atoms with Gasteiger partial charge in [0.25, 0.3) is 5.91 Å². The largest absolute Gasteiger partial charge is 0.493 e. The Morgan fingerprint density at radius 3 is 2.43 bits per heavy atom. The molecule has 0 aromatic heterocycles. The van der Waals surface area contributed by atoms with Gasteiger partial charge in [-0.2, -0.15) is 0 Å². The van der Waals surface area contributed by atoms with E-state index in [0.29, 0.717) is 30.0 Å². The van der Waals surface area contributed by atoms with Crippen molar-refractivity contribution in [3.05, 3.63) is 59.7 Å². The highest BCUT2D eigenvalue weighted by molar-refractivity contribution is 6.09. The van der Waals surface area contributed by atoms with Crippen molar-refractivity contribution in [1.29, 1.82) is 0 Å². The van der Waals surface area contributed by atoms with Crippen molar-refractivity contribution in [3.8, 4) is 11.5 Å². The van der Waals surface area contributed by atoms with Gasteiger partial charge in [-0.05, 0) is 36.6 Å². The number of urea groups is 1. The number of imide groups is 1. The van der Waals surface area contributed by atoms with Gasteiger partial charge in [0.1, 0.15) is 12.1 Å². The summed E-state index contributed by atoms with van der Waals surface area (Å²) in [6, 6.07) is 13.9. The van der Waals surface area contributed by atoms with E-state index in [1.54, 1.807) is 51.5 Å². The molecule has 1 fully saturated rings. The standard InChI is InChI=1S/C22H25N3O5/c1-22(16-7-5-4-6-8-16)20(27)25(21(28)24-22)14-19(26)23-12-11-15-9-10-17(29-2)18(13-15)30-3/h4-10,13H,11-12,14H2,1-3H3,(H,23,26)(H,24,28). The highest BCUT2D eigenvalue weighted by Crippen LogP contribution is 2.29. The van der Waals surface area contributed by atoms with Gasteiger partial charge in [0.2, 0.25) is 5.91 Å². The molecular formula is C22H25N3O5. The van der Waals surface area contributed by atoms with E-state index in [2.05, 4.69) is 10.6 Å². The molecule has 1 atom stereocenters. The Morgan fingerprint density at radius 2 is 1.77 bits per heavy atom. The van der Waals surface area contributed by atoms with Crippen molar-refractivity contribution in [1.82, 2.24) is 15.5 Å². The smallest absolute Gasteiger partial charge is 0.325 e. The van der Waals surface area contributed by atoms with E-state index in [1.807, 2.05) is 18.2 Å². The van der Waals surface area contributed by atoms with Crippen LogP contribution < -0.4 is 20.1 Å². The number of nitrogens with zero attached hydrogens (tertiary/aromatic N) is 1. The molecule has 30 heavy (non-hydrogen) atoms. The molecule has 2 N–H and O–H groups in total. The number of carbonyl (C=O) groups is 3. The normalized spacial score (nSPS) is 18.2. The number of carbonyl (C=O) groups excluding carboxylic acids is 3. The van der Waals surface area contributed by atoms with Gasteiger partial charge < -0.3 is 20.1 Å². The van der Waals surface area contributed by atoms with Gasteiger partial charge in [0.15, 0.2) is 11.5 Å². The van der Waals surface area contributed by atoms with Gasteiger partial charge in [-0.15, -0.1) is 0 Å². The van der Waals surface area contributed by atoms with Crippen molar-refractivity contribution in [2.45, 2.75) is 18.9 Å². The average molecular weight is 411 g/mol. The summed E-state index contributed by atoms with van der Waals surface area (Å²) < 4.78 is 10.5. The second kappa shape index (κ2) is 8.86. The molecule has 158 valence electrons. The van der Waals surface area contributed by atoms with Gasteiger partial charge in [-0.1, -0.05) is 36.4 Å². The fourth-order valence-electron chi connectivity index (χ4n) is 3.39. The lowest BCUT2D eigenvalue weighted by molar-refractivity contribution is -0.134. The maximum absolute atomic E-state index is 12.8. The Balaban J connectivity index is 1.56. The predicted molar refractivity (Wildman–Crippen MR) is 110 cm³/mol. The molecule has 3 rings (SSSR count). The van der Waals surface area contributed by atoms with Crippen LogP contribution in [0.1, 0.15) is 18.1 Å². The fraction of sp³-hybridized carbons (Fsp3) is 0.318. The second-order valence-electron chi connectivity index (χ2n) is 7.10. The van der Waals surface area contributed by atoms with Crippen LogP contribution in [-0.2, 0) is 21.5 Å². The monoisotopic (exact) mass is 411 g/mol. The van der Waals surface area contributed by atoms with E-state index in [0.717, 1.165) is 10.5 Å². The van der Waals surface area contributed by atoms with Crippen LogP contribution in [0.5, 0.6) is 11.5 Å². The van der Waals surface area contributed by atoms with Crippen LogP contribution in [0.3, 0.4) is 0 Å². The first-order valence-corrected chi connectivity index (χ1v) is 9.56. The summed E-state index contributed by atoms with van der Waals surface area (Å²) in [6.45, 7) is 1.66. The molecule has 8 heteroatoms. The number of hydrogen-bond donors (Lipinski definition) is 2. The first-order chi connectivity index (χ1) is 14.4. The van der Waals surface area contributed by atoms with E-state index in [9.17, 15) is 14.4 Å². The SMILES string of the molecule is COc1ccc(CCNC(=O)CN2C(=O)NC(C)(c3ccccc3)C2=O)cc1OC. The van der Waals surface area contributed by atoms with Crippen molar-refractivity contribution >= 4 is 17.8 Å². The molecule has 0 radical (unpaired) electrons. The molecule has 1 heterocycles. The summed E-state index contributed by atoms with van der Waals surface area (Å²) in [4.78, 5) is 38.4. The van der Waals surface area contributed by atoms with Crippen molar-refractivity contribution in [2.24, 2.45) is 0 Å². The zero-order valence-corrected chi connectivity index (χ0v) is 17.2. The zero-order valence-electron chi connectivity index (χ0n) is 17.2. The third-order valence-corrected chi connectivity index (χ3v) is 5.11. The highest BCUT2D eigenvalue weighted by Gasteiger charge is 2.49. The molecule has 0 spiro atoms. The molecule has 2 aromatic carbocycles. The topological polar surface area (TPSA) is 97.0 Å². The number of rotatable bonds is 8. The van der Waals surface area contributed by atoms with E-state index in [4.69, 9.17) is 9.47 Å². The van der Waals surface area contributed by atoms with Crippen molar-refractivity contribution < 1.29 is 23.9 Å². The lowest BCUT2D eigenvalue weighted by Gasteiger charge is -2.22. The molecule has 0 bridgehead atoms. The van der Waals surface area contributed by atoms with Gasteiger partial charge in [0.05, 0.1) is 14.2 Å².